The van der Waals surface area contributed by atoms with Gasteiger partial charge in [-0.1, -0.05) is 17.7 Å². The third-order valence-corrected chi connectivity index (χ3v) is 4.22. The molecule has 1 aromatic rings. The Kier molecular flexibility index (Phi) is 4.04. The fraction of sp³-hybridized carbons (Fsp3) is 0.625. The zero-order valence-electron chi connectivity index (χ0n) is 11.8. The average molecular weight is 260 g/mol. The summed E-state index contributed by atoms with van der Waals surface area (Å²) in [7, 11) is 0. The Morgan fingerprint density at radius 3 is 2.89 bits per heavy atom. The van der Waals surface area contributed by atoms with Gasteiger partial charge >= 0.3 is 0 Å². The van der Waals surface area contributed by atoms with Crippen molar-refractivity contribution in [3.63, 3.8) is 0 Å². The molecule has 0 spiro atoms. The molecule has 104 valence electrons. The Hall–Kier alpha value is -1.06. The summed E-state index contributed by atoms with van der Waals surface area (Å²) in [6, 6.07) is 7.56. The van der Waals surface area contributed by atoms with Crippen LogP contribution < -0.4 is 10.2 Å². The Bertz CT molecular complexity index is 421. The molecule has 0 radical (unpaired) electrons. The summed E-state index contributed by atoms with van der Waals surface area (Å²) >= 11 is 0. The first-order valence-corrected chi connectivity index (χ1v) is 7.48. The molecule has 2 saturated heterocycles. The lowest BCUT2D eigenvalue weighted by Crippen LogP contribution is -2.37. The SMILES string of the molecule is Cc1ccc(N2CCOCC2)c(CC2CCCN2)c1. The number of morpholine rings is 1. The number of ether oxygens (including phenoxy) is 1. The van der Waals surface area contributed by atoms with Gasteiger partial charge in [0, 0.05) is 24.8 Å². The highest BCUT2D eigenvalue weighted by Gasteiger charge is 2.19. The molecule has 1 unspecified atom stereocenters. The molecule has 3 nitrogen and oxygen atoms in total. The lowest BCUT2D eigenvalue weighted by molar-refractivity contribution is 0.122. The standard InChI is InChI=1S/C16H24N2O/c1-13-4-5-16(18-7-9-19-10-8-18)14(11-13)12-15-3-2-6-17-15/h4-5,11,15,17H,2-3,6-10,12H2,1H3. The maximum Gasteiger partial charge on any atom is 0.0642 e. The largest absolute Gasteiger partial charge is 0.378 e. The van der Waals surface area contributed by atoms with Gasteiger partial charge in [-0.2, -0.15) is 0 Å². The van der Waals surface area contributed by atoms with Crippen molar-refractivity contribution in [2.75, 3.05) is 37.7 Å². The minimum absolute atomic E-state index is 0.668. The van der Waals surface area contributed by atoms with Gasteiger partial charge in [-0.25, -0.2) is 0 Å². The number of nitrogens with one attached hydrogen (secondary N) is 1. The van der Waals surface area contributed by atoms with Crippen LogP contribution in [0.4, 0.5) is 5.69 Å². The molecule has 1 atom stereocenters. The zero-order chi connectivity index (χ0) is 13.1. The molecule has 1 aromatic carbocycles. The van der Waals surface area contributed by atoms with Gasteiger partial charge in [0.2, 0.25) is 0 Å². The van der Waals surface area contributed by atoms with E-state index >= 15 is 0 Å². The molecule has 1 N–H and O–H groups in total. The molecule has 2 aliphatic rings. The van der Waals surface area contributed by atoms with Gasteiger partial charge < -0.3 is 15.0 Å². The van der Waals surface area contributed by atoms with Crippen LogP contribution in [0.5, 0.6) is 0 Å². The van der Waals surface area contributed by atoms with E-state index in [1.807, 2.05) is 0 Å². The van der Waals surface area contributed by atoms with Gasteiger partial charge in [0.05, 0.1) is 13.2 Å². The van der Waals surface area contributed by atoms with Crippen molar-refractivity contribution in [1.82, 2.24) is 5.32 Å². The normalized spacial score (nSPS) is 23.8. The molecular weight excluding hydrogens is 236 g/mol. The molecule has 0 saturated carbocycles. The Morgan fingerprint density at radius 2 is 2.16 bits per heavy atom. The molecule has 2 fully saturated rings. The van der Waals surface area contributed by atoms with Gasteiger partial charge in [0.1, 0.15) is 0 Å². The van der Waals surface area contributed by atoms with Crippen molar-refractivity contribution < 1.29 is 4.74 Å². The number of hydrogen-bond acceptors (Lipinski definition) is 3. The van der Waals surface area contributed by atoms with Crippen LogP contribution in [-0.4, -0.2) is 38.9 Å². The second kappa shape index (κ2) is 5.93. The van der Waals surface area contributed by atoms with Crippen LogP contribution >= 0.6 is 0 Å². The van der Waals surface area contributed by atoms with E-state index in [1.165, 1.54) is 36.2 Å². The second-order valence-electron chi connectivity index (χ2n) is 5.73. The van der Waals surface area contributed by atoms with Gasteiger partial charge in [-0.15, -0.1) is 0 Å². The molecule has 2 aliphatic heterocycles. The first-order valence-electron chi connectivity index (χ1n) is 7.48. The Labute approximate surface area is 115 Å². The zero-order valence-corrected chi connectivity index (χ0v) is 11.8. The highest BCUT2D eigenvalue weighted by atomic mass is 16.5. The summed E-state index contributed by atoms with van der Waals surface area (Å²) in [5, 5.41) is 3.61. The van der Waals surface area contributed by atoms with E-state index in [2.05, 4.69) is 35.3 Å². The van der Waals surface area contributed by atoms with Crippen LogP contribution in [0.1, 0.15) is 24.0 Å². The maximum atomic E-state index is 5.46. The first-order chi connectivity index (χ1) is 9.33. The third kappa shape index (κ3) is 3.10. The number of hydrogen-bond donors (Lipinski definition) is 1. The molecule has 3 heteroatoms. The van der Waals surface area contributed by atoms with Crippen molar-refractivity contribution in [2.24, 2.45) is 0 Å². The van der Waals surface area contributed by atoms with E-state index in [-0.39, 0.29) is 0 Å². The van der Waals surface area contributed by atoms with E-state index in [9.17, 15) is 0 Å². The molecule has 19 heavy (non-hydrogen) atoms. The van der Waals surface area contributed by atoms with Gasteiger partial charge in [-0.05, 0) is 44.4 Å². The minimum atomic E-state index is 0.668. The summed E-state index contributed by atoms with van der Waals surface area (Å²) in [6.45, 7) is 7.13. The quantitative estimate of drug-likeness (QED) is 0.901. The van der Waals surface area contributed by atoms with E-state index in [4.69, 9.17) is 4.74 Å². The summed E-state index contributed by atoms with van der Waals surface area (Å²) < 4.78 is 5.46. The average Bonchev–Trinajstić information content (AvgIpc) is 2.93. The Morgan fingerprint density at radius 1 is 1.32 bits per heavy atom. The van der Waals surface area contributed by atoms with Crippen LogP contribution in [0.2, 0.25) is 0 Å². The monoisotopic (exact) mass is 260 g/mol. The first kappa shape index (κ1) is 12.9. The predicted molar refractivity (Wildman–Crippen MR) is 78.9 cm³/mol. The lowest BCUT2D eigenvalue weighted by atomic mass is 10.00. The molecular formula is C16H24N2O. The summed E-state index contributed by atoms with van der Waals surface area (Å²) in [5.74, 6) is 0. The molecule has 0 amide bonds. The van der Waals surface area contributed by atoms with Crippen molar-refractivity contribution in [2.45, 2.75) is 32.2 Å². The molecule has 0 bridgehead atoms. The van der Waals surface area contributed by atoms with Crippen LogP contribution in [-0.2, 0) is 11.2 Å². The molecule has 2 heterocycles. The second-order valence-corrected chi connectivity index (χ2v) is 5.73. The highest BCUT2D eigenvalue weighted by molar-refractivity contribution is 5.55. The third-order valence-electron chi connectivity index (χ3n) is 4.22. The predicted octanol–water partition coefficient (Wildman–Crippen LogP) is 2.13. The fourth-order valence-corrected chi connectivity index (χ4v) is 3.19. The van der Waals surface area contributed by atoms with E-state index in [0.29, 0.717) is 6.04 Å². The summed E-state index contributed by atoms with van der Waals surface area (Å²) in [5.41, 5.74) is 4.29. The highest BCUT2D eigenvalue weighted by Crippen LogP contribution is 2.25. The minimum Gasteiger partial charge on any atom is -0.378 e. The van der Waals surface area contributed by atoms with Crippen molar-refractivity contribution in [3.05, 3.63) is 29.3 Å². The number of rotatable bonds is 3. The Balaban J connectivity index is 1.80. The number of nitrogens with zero attached hydrogens (tertiary/aromatic N) is 1. The van der Waals surface area contributed by atoms with Gasteiger partial charge in [-0.3, -0.25) is 0 Å². The van der Waals surface area contributed by atoms with Crippen LogP contribution in [0.15, 0.2) is 18.2 Å². The fourth-order valence-electron chi connectivity index (χ4n) is 3.19. The number of anilines is 1. The van der Waals surface area contributed by atoms with E-state index < -0.39 is 0 Å². The topological polar surface area (TPSA) is 24.5 Å². The summed E-state index contributed by atoms with van der Waals surface area (Å²) in [6.07, 6.45) is 3.80. The van der Waals surface area contributed by atoms with E-state index in [0.717, 1.165) is 32.7 Å². The lowest BCUT2D eigenvalue weighted by Gasteiger charge is -2.31. The van der Waals surface area contributed by atoms with Crippen LogP contribution in [0, 0.1) is 6.92 Å². The van der Waals surface area contributed by atoms with Crippen molar-refractivity contribution >= 4 is 5.69 Å². The molecule has 0 aromatic heterocycles. The smallest absolute Gasteiger partial charge is 0.0642 e. The maximum absolute atomic E-state index is 5.46. The number of benzene rings is 1. The van der Waals surface area contributed by atoms with Crippen LogP contribution in [0.25, 0.3) is 0 Å². The van der Waals surface area contributed by atoms with Gasteiger partial charge in [0.25, 0.3) is 0 Å². The van der Waals surface area contributed by atoms with Crippen molar-refractivity contribution in [3.8, 4) is 0 Å². The number of aryl methyl sites for hydroxylation is 1. The van der Waals surface area contributed by atoms with Gasteiger partial charge in [0.15, 0.2) is 0 Å². The molecule has 3 rings (SSSR count). The van der Waals surface area contributed by atoms with E-state index in [1.54, 1.807) is 0 Å². The molecule has 0 aliphatic carbocycles. The summed E-state index contributed by atoms with van der Waals surface area (Å²) in [4.78, 5) is 2.48. The van der Waals surface area contributed by atoms with Crippen molar-refractivity contribution in [1.29, 1.82) is 0 Å². The van der Waals surface area contributed by atoms with Crippen LogP contribution in [0.3, 0.4) is 0 Å².